The van der Waals surface area contributed by atoms with Crippen LogP contribution in [-0.2, 0) is 16.4 Å². The summed E-state index contributed by atoms with van der Waals surface area (Å²) in [4.78, 5) is 8.55. The van der Waals surface area contributed by atoms with Crippen LogP contribution in [0.3, 0.4) is 0 Å². The van der Waals surface area contributed by atoms with E-state index in [-0.39, 0.29) is 29.8 Å². The van der Waals surface area contributed by atoms with Crippen molar-refractivity contribution < 1.29 is 23.0 Å². The van der Waals surface area contributed by atoms with Gasteiger partial charge in [0.1, 0.15) is 18.7 Å². The molecule has 0 atom stereocenters. The summed E-state index contributed by atoms with van der Waals surface area (Å²) in [6.45, 7) is 1.86. The van der Waals surface area contributed by atoms with Gasteiger partial charge in [-0.3, -0.25) is 4.72 Å². The third kappa shape index (κ3) is 5.54. The number of hydrogen-bond donors (Lipinski definition) is 2. The second-order valence-electron chi connectivity index (χ2n) is 7.02. The summed E-state index contributed by atoms with van der Waals surface area (Å²) in [6.07, 6.45) is 3.73. The number of aromatic nitrogens is 2. The van der Waals surface area contributed by atoms with Gasteiger partial charge in [-0.2, -0.15) is 0 Å². The number of aliphatic hydroxyl groups is 1. The van der Waals surface area contributed by atoms with E-state index in [0.717, 1.165) is 18.4 Å². The Morgan fingerprint density at radius 2 is 1.81 bits per heavy atom. The van der Waals surface area contributed by atoms with Gasteiger partial charge < -0.3 is 14.6 Å². The second kappa shape index (κ2) is 10.9. The Hall–Kier alpha value is -3.17. The molecule has 1 aromatic heterocycles. The van der Waals surface area contributed by atoms with Crippen LogP contribution in [0.15, 0.2) is 59.8 Å². The zero-order valence-electron chi connectivity index (χ0n) is 18.1. The molecule has 0 radical (unpaired) electrons. The number of nitrogens with zero attached hydrogens (tertiary/aromatic N) is 2. The first-order valence-electron chi connectivity index (χ1n) is 10.3. The molecular weight excluding hydrogens is 430 g/mol. The fourth-order valence-corrected chi connectivity index (χ4v) is 4.53. The summed E-state index contributed by atoms with van der Waals surface area (Å²) in [5.41, 5.74) is 1.76. The smallest absolute Gasteiger partial charge is 0.263 e. The molecule has 0 unspecified atom stereocenters. The largest absolute Gasteiger partial charge is 0.497 e. The maximum Gasteiger partial charge on any atom is 0.263 e. The van der Waals surface area contributed by atoms with Gasteiger partial charge in [0.25, 0.3) is 10.0 Å². The molecule has 0 saturated heterocycles. The Labute approximate surface area is 188 Å². The third-order valence-corrected chi connectivity index (χ3v) is 6.25. The number of benzene rings is 2. The zero-order valence-corrected chi connectivity index (χ0v) is 18.9. The van der Waals surface area contributed by atoms with Gasteiger partial charge in [-0.1, -0.05) is 43.7 Å². The van der Waals surface area contributed by atoms with E-state index in [9.17, 15) is 8.42 Å². The van der Waals surface area contributed by atoms with Crippen LogP contribution >= 0.6 is 0 Å². The van der Waals surface area contributed by atoms with Gasteiger partial charge in [0.05, 0.1) is 24.2 Å². The van der Waals surface area contributed by atoms with Crippen LogP contribution in [0.2, 0.25) is 0 Å². The van der Waals surface area contributed by atoms with Crippen LogP contribution in [0.25, 0.3) is 11.1 Å². The first-order chi connectivity index (χ1) is 15.5. The minimum absolute atomic E-state index is 0.00616. The van der Waals surface area contributed by atoms with Crippen LogP contribution < -0.4 is 14.2 Å². The van der Waals surface area contributed by atoms with Gasteiger partial charge in [-0.05, 0) is 42.2 Å². The summed E-state index contributed by atoms with van der Waals surface area (Å²) in [5, 5.41) is 9.17. The molecule has 0 bridgehead atoms. The number of nitrogens with one attached hydrogen (secondary N) is 1. The molecule has 9 heteroatoms. The predicted molar refractivity (Wildman–Crippen MR) is 122 cm³/mol. The van der Waals surface area contributed by atoms with Crippen LogP contribution in [0.4, 0.5) is 5.82 Å². The van der Waals surface area contributed by atoms with Crippen molar-refractivity contribution in [1.29, 1.82) is 0 Å². The van der Waals surface area contributed by atoms with Crippen LogP contribution in [0, 0.1) is 0 Å². The van der Waals surface area contributed by atoms with Gasteiger partial charge in [0, 0.05) is 0 Å². The van der Waals surface area contributed by atoms with Crippen LogP contribution in [-0.4, -0.2) is 43.8 Å². The van der Waals surface area contributed by atoms with Crippen molar-refractivity contribution in [3.05, 3.63) is 60.4 Å². The summed E-state index contributed by atoms with van der Waals surface area (Å²) in [6, 6.07) is 14.0. The maximum absolute atomic E-state index is 13.3. The normalized spacial score (nSPS) is 11.2. The molecule has 8 nitrogen and oxygen atoms in total. The van der Waals surface area contributed by atoms with E-state index < -0.39 is 10.0 Å². The van der Waals surface area contributed by atoms with Crippen molar-refractivity contribution in [3.63, 3.8) is 0 Å². The van der Waals surface area contributed by atoms with Crippen LogP contribution in [0.1, 0.15) is 25.3 Å². The number of methoxy groups -OCH3 is 1. The summed E-state index contributed by atoms with van der Waals surface area (Å²) in [5.74, 6) is 0.898. The number of anilines is 1. The first-order valence-corrected chi connectivity index (χ1v) is 11.8. The van der Waals surface area contributed by atoms with E-state index in [0.29, 0.717) is 23.3 Å². The van der Waals surface area contributed by atoms with Gasteiger partial charge in [0.2, 0.25) is 5.88 Å². The summed E-state index contributed by atoms with van der Waals surface area (Å²) in [7, 11) is -2.36. The summed E-state index contributed by atoms with van der Waals surface area (Å²) < 4.78 is 40.0. The lowest BCUT2D eigenvalue weighted by atomic mass is 10.1. The highest BCUT2D eigenvalue weighted by Crippen LogP contribution is 2.36. The van der Waals surface area contributed by atoms with E-state index in [4.69, 9.17) is 14.6 Å². The van der Waals surface area contributed by atoms with Gasteiger partial charge in [-0.25, -0.2) is 18.4 Å². The van der Waals surface area contributed by atoms with Crippen LogP contribution in [0.5, 0.6) is 11.6 Å². The third-order valence-electron chi connectivity index (χ3n) is 4.81. The minimum Gasteiger partial charge on any atom is -0.497 e. The van der Waals surface area contributed by atoms with Crippen molar-refractivity contribution in [1.82, 2.24) is 9.97 Å². The highest BCUT2D eigenvalue weighted by molar-refractivity contribution is 7.92. The lowest BCUT2D eigenvalue weighted by molar-refractivity contribution is 0.197. The standard InChI is InChI=1S/C23H27N3O5S/c1-3-4-7-17-8-5-6-9-20(17)32(28,29)26-22-21(18-10-12-19(30-2)13-11-18)23(25-16-24-22)31-15-14-27/h5-6,8-13,16,27H,3-4,7,14-15H2,1-2H3,(H,24,25,26). The molecule has 0 fully saturated rings. The SMILES string of the molecule is CCCCc1ccccc1S(=O)(=O)Nc1ncnc(OCCO)c1-c1ccc(OC)cc1. The Kier molecular flexibility index (Phi) is 8.02. The second-order valence-corrected chi connectivity index (χ2v) is 8.67. The Bertz CT molecular complexity index is 1130. The average Bonchev–Trinajstić information content (AvgIpc) is 2.81. The highest BCUT2D eigenvalue weighted by atomic mass is 32.2. The fraction of sp³-hybridized carbons (Fsp3) is 0.304. The van der Waals surface area contributed by atoms with Gasteiger partial charge in [-0.15, -0.1) is 0 Å². The van der Waals surface area contributed by atoms with Crippen molar-refractivity contribution >= 4 is 15.8 Å². The van der Waals surface area contributed by atoms with Crippen molar-refractivity contribution in [2.24, 2.45) is 0 Å². The molecule has 32 heavy (non-hydrogen) atoms. The molecule has 2 N–H and O–H groups in total. The van der Waals surface area contributed by atoms with E-state index >= 15 is 0 Å². The topological polar surface area (TPSA) is 111 Å². The number of sulfonamides is 1. The minimum atomic E-state index is -3.92. The number of aliphatic hydroxyl groups excluding tert-OH is 1. The molecule has 0 spiro atoms. The maximum atomic E-state index is 13.3. The molecule has 0 aliphatic heterocycles. The van der Waals surface area contributed by atoms with E-state index in [1.807, 2.05) is 12.1 Å². The molecule has 3 rings (SSSR count). The average molecular weight is 458 g/mol. The zero-order chi connectivity index (χ0) is 23.0. The molecular formula is C23H27N3O5S. The van der Waals surface area contributed by atoms with Crippen molar-refractivity contribution in [3.8, 4) is 22.8 Å². The molecule has 170 valence electrons. The number of rotatable bonds is 11. The molecule has 2 aromatic carbocycles. The molecule has 0 aliphatic rings. The van der Waals surface area contributed by atoms with E-state index in [1.165, 1.54) is 6.33 Å². The van der Waals surface area contributed by atoms with Crippen molar-refractivity contribution in [2.75, 3.05) is 25.0 Å². The predicted octanol–water partition coefficient (Wildman–Crippen LogP) is 3.67. The molecule has 3 aromatic rings. The number of ether oxygens (including phenoxy) is 2. The fourth-order valence-electron chi connectivity index (χ4n) is 3.24. The van der Waals surface area contributed by atoms with E-state index in [2.05, 4.69) is 21.6 Å². The Balaban J connectivity index is 2.05. The Morgan fingerprint density at radius 1 is 1.06 bits per heavy atom. The quantitative estimate of drug-likeness (QED) is 0.452. The van der Waals surface area contributed by atoms with Crippen molar-refractivity contribution in [2.45, 2.75) is 31.1 Å². The lowest BCUT2D eigenvalue weighted by Crippen LogP contribution is -2.17. The first kappa shape index (κ1) is 23.5. The molecule has 0 saturated carbocycles. The number of unbranched alkanes of at least 4 members (excludes halogenated alkanes) is 1. The van der Waals surface area contributed by atoms with Gasteiger partial charge in [0.15, 0.2) is 5.82 Å². The number of aryl methyl sites for hydroxylation is 1. The lowest BCUT2D eigenvalue weighted by Gasteiger charge is -2.16. The molecule has 0 aliphatic carbocycles. The number of hydrogen-bond acceptors (Lipinski definition) is 7. The molecule has 0 amide bonds. The highest BCUT2D eigenvalue weighted by Gasteiger charge is 2.23. The summed E-state index contributed by atoms with van der Waals surface area (Å²) >= 11 is 0. The monoisotopic (exact) mass is 457 g/mol. The van der Waals surface area contributed by atoms with E-state index in [1.54, 1.807) is 43.5 Å². The molecule has 1 heterocycles. The Morgan fingerprint density at radius 3 is 2.50 bits per heavy atom. The van der Waals surface area contributed by atoms with Gasteiger partial charge >= 0.3 is 0 Å².